The number of carbonyl (C=O) groups excluding carboxylic acids is 1. The van der Waals surface area contributed by atoms with Crippen LogP contribution in [0.5, 0.6) is 5.88 Å². The molecule has 0 spiro atoms. The standard InChI is InChI=1S/C20H29N5O3S/c1-12(2)15-9-14(5)10-16(13(3)4)18(15)23-20(26)24-29(21,27)17-11-22-25-7-6-8-28-19(17)25/h9-13H,6-8H2,1-5H3,(H3,21,23,24,26,27). The van der Waals surface area contributed by atoms with Gasteiger partial charge in [0, 0.05) is 18.7 Å². The van der Waals surface area contributed by atoms with E-state index in [4.69, 9.17) is 9.52 Å². The average molecular weight is 420 g/mol. The molecule has 2 aromatic rings. The quantitative estimate of drug-likeness (QED) is 0.669. The van der Waals surface area contributed by atoms with E-state index in [1.807, 2.05) is 19.1 Å². The van der Waals surface area contributed by atoms with Crippen molar-refractivity contribution < 1.29 is 13.7 Å². The van der Waals surface area contributed by atoms with Crippen LogP contribution in [0.3, 0.4) is 0 Å². The van der Waals surface area contributed by atoms with E-state index >= 15 is 0 Å². The molecule has 0 saturated heterocycles. The second-order valence-corrected chi connectivity index (χ2v) is 9.74. The molecule has 29 heavy (non-hydrogen) atoms. The molecule has 1 aliphatic rings. The highest BCUT2D eigenvalue weighted by Gasteiger charge is 2.26. The molecule has 1 aromatic carbocycles. The van der Waals surface area contributed by atoms with Gasteiger partial charge in [-0.2, -0.15) is 5.10 Å². The van der Waals surface area contributed by atoms with Crippen LogP contribution in [0.4, 0.5) is 10.5 Å². The van der Waals surface area contributed by atoms with Gasteiger partial charge in [-0.3, -0.25) is 0 Å². The van der Waals surface area contributed by atoms with Gasteiger partial charge < -0.3 is 10.1 Å². The fourth-order valence-corrected chi connectivity index (χ4v) is 4.49. The lowest BCUT2D eigenvalue weighted by Gasteiger charge is -2.22. The number of fused-ring (bicyclic) bond motifs is 1. The molecule has 2 heterocycles. The molecule has 8 nitrogen and oxygen atoms in total. The second-order valence-electron chi connectivity index (χ2n) is 7.98. The van der Waals surface area contributed by atoms with Gasteiger partial charge >= 0.3 is 6.03 Å². The molecule has 2 amide bonds. The van der Waals surface area contributed by atoms with Gasteiger partial charge in [0.15, 0.2) is 9.92 Å². The van der Waals surface area contributed by atoms with Crippen LogP contribution in [-0.2, 0) is 16.5 Å². The maximum Gasteiger partial charge on any atom is 0.331 e. The number of hydrogen-bond donors (Lipinski definition) is 3. The van der Waals surface area contributed by atoms with E-state index in [1.54, 1.807) is 4.68 Å². The van der Waals surface area contributed by atoms with Crippen molar-refractivity contribution in [2.75, 3.05) is 11.9 Å². The molecule has 9 heteroatoms. The average Bonchev–Trinajstić information content (AvgIpc) is 3.07. The highest BCUT2D eigenvalue weighted by atomic mass is 32.2. The minimum absolute atomic E-state index is 0.0874. The van der Waals surface area contributed by atoms with E-state index in [-0.39, 0.29) is 22.6 Å². The van der Waals surface area contributed by atoms with E-state index in [0.29, 0.717) is 18.8 Å². The Kier molecular flexibility index (Phi) is 5.88. The first-order valence-electron chi connectivity index (χ1n) is 9.80. The Bertz CT molecular complexity index is 996. The van der Waals surface area contributed by atoms with Gasteiger partial charge in [-0.25, -0.2) is 23.2 Å². The summed E-state index contributed by atoms with van der Waals surface area (Å²) in [7, 11) is -3.62. The van der Waals surface area contributed by atoms with Crippen molar-refractivity contribution in [2.45, 2.75) is 64.3 Å². The molecule has 0 radical (unpaired) electrons. The summed E-state index contributed by atoms with van der Waals surface area (Å²) in [5.41, 5.74) is 3.84. The summed E-state index contributed by atoms with van der Waals surface area (Å²) in [5, 5.41) is 6.97. The van der Waals surface area contributed by atoms with Gasteiger partial charge in [0.25, 0.3) is 0 Å². The number of nitrogens with zero attached hydrogens (tertiary/aromatic N) is 2. The zero-order valence-corrected chi connectivity index (χ0v) is 18.4. The highest BCUT2D eigenvalue weighted by molar-refractivity contribution is 7.91. The molecule has 1 unspecified atom stereocenters. The fraction of sp³-hybridized carbons (Fsp3) is 0.500. The Labute approximate surface area is 172 Å². The van der Waals surface area contributed by atoms with E-state index < -0.39 is 15.9 Å². The lowest BCUT2D eigenvalue weighted by Crippen LogP contribution is -2.34. The van der Waals surface area contributed by atoms with Gasteiger partial charge in [-0.15, -0.1) is 0 Å². The SMILES string of the molecule is Cc1cc(C(C)C)c(NC(=O)NS(=N)(=O)c2cnn3c2OCCC3)c(C(C)C)c1. The van der Waals surface area contributed by atoms with Crippen molar-refractivity contribution >= 4 is 21.6 Å². The fourth-order valence-electron chi connectivity index (χ4n) is 3.47. The van der Waals surface area contributed by atoms with Crippen LogP contribution in [0, 0.1) is 11.7 Å². The van der Waals surface area contributed by atoms with Crippen molar-refractivity contribution in [3.8, 4) is 5.88 Å². The van der Waals surface area contributed by atoms with E-state index in [1.165, 1.54) is 6.20 Å². The van der Waals surface area contributed by atoms with E-state index in [9.17, 15) is 9.00 Å². The first kappa shape index (κ1) is 21.2. The number of urea groups is 1. The number of carbonyl (C=O) groups is 1. The number of benzene rings is 1. The predicted molar refractivity (Wildman–Crippen MR) is 113 cm³/mol. The zero-order chi connectivity index (χ0) is 21.3. The van der Waals surface area contributed by atoms with Gasteiger partial charge in [0.05, 0.1) is 12.8 Å². The van der Waals surface area contributed by atoms with Crippen molar-refractivity contribution in [1.29, 1.82) is 4.78 Å². The Morgan fingerprint density at radius 3 is 2.45 bits per heavy atom. The number of aryl methyl sites for hydroxylation is 2. The Morgan fingerprint density at radius 2 is 1.86 bits per heavy atom. The van der Waals surface area contributed by atoms with E-state index in [2.05, 4.69) is 42.8 Å². The van der Waals surface area contributed by atoms with E-state index in [0.717, 1.165) is 23.1 Å². The minimum Gasteiger partial charge on any atom is -0.477 e. The smallest absolute Gasteiger partial charge is 0.331 e. The summed E-state index contributed by atoms with van der Waals surface area (Å²) in [4.78, 5) is 12.8. The Balaban J connectivity index is 1.88. The largest absolute Gasteiger partial charge is 0.477 e. The van der Waals surface area contributed by atoms with Crippen molar-refractivity contribution in [3.05, 3.63) is 35.0 Å². The van der Waals surface area contributed by atoms with Gasteiger partial charge in [0.2, 0.25) is 5.88 Å². The third-order valence-corrected chi connectivity index (χ3v) is 6.26. The normalized spacial score (nSPS) is 15.6. The summed E-state index contributed by atoms with van der Waals surface area (Å²) < 4.78 is 30.6. The topological polar surface area (TPSA) is 109 Å². The Hall–Kier alpha value is -2.55. The van der Waals surface area contributed by atoms with Crippen LogP contribution < -0.4 is 14.8 Å². The van der Waals surface area contributed by atoms with Crippen LogP contribution in [0.2, 0.25) is 0 Å². The molecule has 0 bridgehead atoms. The second kappa shape index (κ2) is 8.06. The molecule has 3 N–H and O–H groups in total. The van der Waals surface area contributed by atoms with Crippen LogP contribution >= 0.6 is 0 Å². The van der Waals surface area contributed by atoms with Gasteiger partial charge in [0.1, 0.15) is 4.90 Å². The summed E-state index contributed by atoms with van der Waals surface area (Å²) >= 11 is 0. The molecule has 1 atom stereocenters. The third-order valence-electron chi connectivity index (χ3n) is 4.88. The van der Waals surface area contributed by atoms with Gasteiger partial charge in [-0.1, -0.05) is 45.4 Å². The summed E-state index contributed by atoms with van der Waals surface area (Å²) in [6, 6.07) is 3.41. The van der Waals surface area contributed by atoms with Crippen LogP contribution in [0.25, 0.3) is 0 Å². The molecular formula is C20H29N5O3S. The first-order valence-corrected chi connectivity index (χ1v) is 11.4. The predicted octanol–water partition coefficient (Wildman–Crippen LogP) is 4.36. The van der Waals surface area contributed by atoms with Crippen LogP contribution in [-0.4, -0.2) is 26.6 Å². The molecule has 0 fully saturated rings. The first-order chi connectivity index (χ1) is 13.6. The van der Waals surface area contributed by atoms with Crippen molar-refractivity contribution in [2.24, 2.45) is 0 Å². The maximum atomic E-state index is 13.0. The molecule has 3 rings (SSSR count). The molecular weight excluding hydrogens is 390 g/mol. The van der Waals surface area contributed by atoms with Crippen LogP contribution in [0.15, 0.2) is 23.2 Å². The van der Waals surface area contributed by atoms with Crippen molar-refractivity contribution in [3.63, 3.8) is 0 Å². The number of nitrogens with one attached hydrogen (secondary N) is 3. The molecule has 1 aliphatic heterocycles. The highest BCUT2D eigenvalue weighted by Crippen LogP contribution is 2.34. The number of aromatic nitrogens is 2. The lowest BCUT2D eigenvalue weighted by molar-refractivity contribution is 0.224. The molecule has 0 aliphatic carbocycles. The zero-order valence-electron chi connectivity index (χ0n) is 17.5. The Morgan fingerprint density at radius 1 is 1.24 bits per heavy atom. The number of ether oxygens (including phenoxy) is 1. The number of rotatable bonds is 5. The monoisotopic (exact) mass is 419 g/mol. The summed E-state index contributed by atoms with van der Waals surface area (Å²) in [5.74, 6) is 0.677. The van der Waals surface area contributed by atoms with Crippen LogP contribution in [0.1, 0.15) is 62.6 Å². The number of anilines is 1. The number of amides is 2. The third kappa shape index (κ3) is 4.39. The molecule has 0 saturated carbocycles. The minimum atomic E-state index is -3.62. The summed E-state index contributed by atoms with van der Waals surface area (Å²) in [6.45, 7) is 11.4. The van der Waals surface area contributed by atoms with Crippen molar-refractivity contribution in [1.82, 2.24) is 14.5 Å². The summed E-state index contributed by atoms with van der Waals surface area (Å²) in [6.07, 6.45) is 2.13. The molecule has 158 valence electrons. The van der Waals surface area contributed by atoms with Gasteiger partial charge in [-0.05, 0) is 29.9 Å². The lowest BCUT2D eigenvalue weighted by atomic mass is 9.90. The maximum absolute atomic E-state index is 13.0. The molecule has 1 aromatic heterocycles. The number of hydrogen-bond acceptors (Lipinski definition) is 5.